The van der Waals surface area contributed by atoms with Crippen molar-refractivity contribution in [3.05, 3.63) is 18.2 Å². The van der Waals surface area contributed by atoms with Gasteiger partial charge in [0.2, 0.25) is 0 Å². The van der Waals surface area contributed by atoms with Crippen molar-refractivity contribution < 1.29 is 0 Å². The molecule has 0 aromatic carbocycles. The van der Waals surface area contributed by atoms with E-state index < -0.39 is 0 Å². The fourth-order valence-corrected chi connectivity index (χ4v) is 0.344. The van der Waals surface area contributed by atoms with Gasteiger partial charge in [-0.25, -0.2) is 4.98 Å². The summed E-state index contributed by atoms with van der Waals surface area (Å²) >= 11 is 0. The Labute approximate surface area is 72.3 Å². The van der Waals surface area contributed by atoms with Crippen LogP contribution < -0.4 is 0 Å². The van der Waals surface area contributed by atoms with Crippen LogP contribution in [0.25, 0.3) is 0 Å². The summed E-state index contributed by atoms with van der Waals surface area (Å²) in [5.74, 6) is 0.968. The number of aryl methyl sites for hydroxylation is 1. The Morgan fingerprint density at radius 3 is 2.57 bits per heavy atom. The summed E-state index contributed by atoms with van der Waals surface area (Å²) in [6.07, 6.45) is 3.53. The van der Waals surface area contributed by atoms with Gasteiger partial charge in [-0.15, -0.1) is 0 Å². The molecule has 0 atom stereocenters. The summed E-state index contributed by atoms with van der Waals surface area (Å²) in [6.45, 7) is 1.92. The molecule has 1 aromatic heterocycles. The molecule has 0 aliphatic rings. The minimum absolute atomic E-state index is 0. The molecular weight excluding hydrogens is 116 g/mol. The van der Waals surface area contributed by atoms with Crippen LogP contribution >= 0.6 is 0 Å². The van der Waals surface area contributed by atoms with E-state index in [1.54, 1.807) is 12.4 Å². The van der Waals surface area contributed by atoms with Crippen LogP contribution in [0.5, 0.6) is 0 Å². The van der Waals surface area contributed by atoms with Gasteiger partial charge in [0.15, 0.2) is 0 Å². The van der Waals surface area contributed by atoms with Crippen molar-refractivity contribution >= 4 is 37.7 Å². The Bertz CT molecular complexity index is 113. The second-order valence-electron chi connectivity index (χ2n) is 1.17. The van der Waals surface area contributed by atoms with Crippen LogP contribution in [0.1, 0.15) is 5.82 Å². The van der Waals surface area contributed by atoms with Gasteiger partial charge in [-0.1, -0.05) is 0 Å². The van der Waals surface area contributed by atoms with Gasteiger partial charge in [0.1, 0.15) is 5.82 Å². The quantitative estimate of drug-likeness (QED) is 0.477. The molecule has 1 rings (SSSR count). The van der Waals surface area contributed by atoms with Gasteiger partial charge in [0, 0.05) is 12.4 Å². The second-order valence-corrected chi connectivity index (χ2v) is 1.17. The molecular formula is C4H8CaN2. The molecule has 0 amide bonds. The topological polar surface area (TPSA) is 28.7 Å². The molecule has 1 aromatic rings. The summed E-state index contributed by atoms with van der Waals surface area (Å²) in [4.78, 5) is 6.75. The maximum absolute atomic E-state index is 3.86. The molecule has 1 heterocycles. The van der Waals surface area contributed by atoms with Crippen molar-refractivity contribution in [3.8, 4) is 0 Å². The van der Waals surface area contributed by atoms with Crippen LogP contribution in [0.15, 0.2) is 12.4 Å². The van der Waals surface area contributed by atoms with E-state index in [9.17, 15) is 0 Å². The normalized spacial score (nSPS) is 7.57. The zero-order valence-electron chi connectivity index (χ0n) is 3.60. The molecule has 0 saturated heterocycles. The first-order chi connectivity index (χ1) is 2.89. The van der Waals surface area contributed by atoms with E-state index in [1.165, 1.54) is 0 Å². The third-order valence-corrected chi connectivity index (χ3v) is 0.635. The predicted molar refractivity (Wildman–Crippen MR) is 31.9 cm³/mol. The van der Waals surface area contributed by atoms with Crippen LogP contribution in [0.2, 0.25) is 0 Å². The number of hydrogen-bond donors (Lipinski definition) is 1. The van der Waals surface area contributed by atoms with Gasteiger partial charge in [0.25, 0.3) is 0 Å². The number of nitrogens with one attached hydrogen (secondary N) is 1. The van der Waals surface area contributed by atoms with E-state index in [4.69, 9.17) is 0 Å². The summed E-state index contributed by atoms with van der Waals surface area (Å²) in [5.41, 5.74) is 0. The summed E-state index contributed by atoms with van der Waals surface area (Å²) in [6, 6.07) is 0. The molecule has 0 radical (unpaired) electrons. The number of aromatic amines is 1. The molecule has 0 aliphatic heterocycles. The molecule has 36 valence electrons. The fraction of sp³-hybridized carbons (Fsp3) is 0.250. The van der Waals surface area contributed by atoms with Crippen molar-refractivity contribution in [1.29, 1.82) is 0 Å². The molecule has 0 saturated carbocycles. The van der Waals surface area contributed by atoms with Gasteiger partial charge in [-0.3, -0.25) is 0 Å². The van der Waals surface area contributed by atoms with Crippen molar-refractivity contribution in [2.75, 3.05) is 0 Å². The number of hydrogen-bond acceptors (Lipinski definition) is 1. The third kappa shape index (κ3) is 2.32. The Morgan fingerprint density at radius 2 is 2.43 bits per heavy atom. The number of rotatable bonds is 0. The van der Waals surface area contributed by atoms with Crippen LogP contribution in [0, 0.1) is 6.92 Å². The van der Waals surface area contributed by atoms with Crippen LogP contribution in [-0.2, 0) is 0 Å². The Kier molecular flexibility index (Phi) is 3.70. The van der Waals surface area contributed by atoms with Crippen LogP contribution in [0.4, 0.5) is 0 Å². The van der Waals surface area contributed by atoms with Crippen molar-refractivity contribution in [2.45, 2.75) is 6.92 Å². The van der Waals surface area contributed by atoms with E-state index in [-0.39, 0.29) is 37.7 Å². The summed E-state index contributed by atoms with van der Waals surface area (Å²) in [7, 11) is 0. The number of nitrogens with zero attached hydrogens (tertiary/aromatic N) is 1. The van der Waals surface area contributed by atoms with Gasteiger partial charge in [0.05, 0.1) is 0 Å². The SMILES string of the molecule is Cc1ncc[nH]1.[CaH2]. The van der Waals surface area contributed by atoms with E-state index in [0.29, 0.717) is 0 Å². The standard InChI is InChI=1S/C4H6N2.Ca.2H/c1-4-5-2-3-6-4;;;/h2-3H,1H3,(H,5,6);;;. The zero-order chi connectivity index (χ0) is 4.41. The predicted octanol–water partition coefficient (Wildman–Crippen LogP) is -0.198. The van der Waals surface area contributed by atoms with Gasteiger partial charge in [-0.05, 0) is 6.92 Å². The number of H-pyrrole nitrogens is 1. The Hall–Kier alpha value is 0.470. The fourth-order valence-electron chi connectivity index (χ4n) is 0.344. The Balaban J connectivity index is 0.000000360. The molecule has 2 nitrogen and oxygen atoms in total. The minimum atomic E-state index is 0. The van der Waals surface area contributed by atoms with Crippen molar-refractivity contribution in [2.24, 2.45) is 0 Å². The van der Waals surface area contributed by atoms with Gasteiger partial charge < -0.3 is 4.98 Å². The zero-order valence-corrected chi connectivity index (χ0v) is 3.60. The molecule has 3 heteroatoms. The maximum atomic E-state index is 3.86. The first-order valence-corrected chi connectivity index (χ1v) is 1.85. The molecule has 0 spiro atoms. The summed E-state index contributed by atoms with van der Waals surface area (Å²) < 4.78 is 0. The molecule has 0 aliphatic carbocycles. The van der Waals surface area contributed by atoms with E-state index in [1.807, 2.05) is 6.92 Å². The first-order valence-electron chi connectivity index (χ1n) is 1.85. The Morgan fingerprint density at radius 1 is 1.71 bits per heavy atom. The molecule has 0 bridgehead atoms. The summed E-state index contributed by atoms with van der Waals surface area (Å²) in [5, 5.41) is 0. The van der Waals surface area contributed by atoms with Gasteiger partial charge >= 0.3 is 37.7 Å². The van der Waals surface area contributed by atoms with Crippen molar-refractivity contribution in [3.63, 3.8) is 0 Å². The van der Waals surface area contributed by atoms with E-state index >= 15 is 0 Å². The monoisotopic (exact) mass is 124 g/mol. The van der Waals surface area contributed by atoms with E-state index in [2.05, 4.69) is 9.97 Å². The average Bonchev–Trinajstić information content (AvgIpc) is 1.86. The third-order valence-electron chi connectivity index (χ3n) is 0.635. The van der Waals surface area contributed by atoms with E-state index in [0.717, 1.165) is 5.82 Å². The second kappa shape index (κ2) is 3.47. The molecule has 7 heavy (non-hydrogen) atoms. The molecule has 1 N–H and O–H groups in total. The van der Waals surface area contributed by atoms with Crippen LogP contribution in [0.3, 0.4) is 0 Å². The van der Waals surface area contributed by atoms with Crippen molar-refractivity contribution in [1.82, 2.24) is 9.97 Å². The van der Waals surface area contributed by atoms with Crippen LogP contribution in [-0.4, -0.2) is 47.7 Å². The first kappa shape index (κ1) is 7.47. The van der Waals surface area contributed by atoms with Gasteiger partial charge in [-0.2, -0.15) is 0 Å². The molecule has 0 unspecified atom stereocenters. The average molecular weight is 124 g/mol. The number of aromatic nitrogens is 2. The molecule has 0 fully saturated rings. The number of imidazole rings is 1.